The number of nitrogens with one attached hydrogen (secondary N) is 2. The molecule has 0 radical (unpaired) electrons. The van der Waals surface area contributed by atoms with E-state index in [1.54, 1.807) is 30.3 Å². The zero-order chi connectivity index (χ0) is 21.7. The molecule has 2 N–H and O–H groups in total. The zero-order valence-corrected chi connectivity index (χ0v) is 18.1. The van der Waals surface area contributed by atoms with Crippen LogP contribution in [0.2, 0.25) is 5.02 Å². The lowest BCUT2D eigenvalue weighted by molar-refractivity contribution is -0.114. The number of carbonyl (C=O) groups is 2. The van der Waals surface area contributed by atoms with Crippen molar-refractivity contribution in [1.82, 2.24) is 0 Å². The van der Waals surface area contributed by atoms with Crippen LogP contribution in [0.15, 0.2) is 59.0 Å². The zero-order valence-electron chi connectivity index (χ0n) is 16.5. The average Bonchev–Trinajstić information content (AvgIpc) is 3.11. The molecule has 8 heteroatoms. The number of benzene rings is 2. The predicted molar refractivity (Wildman–Crippen MR) is 120 cm³/mol. The van der Waals surface area contributed by atoms with Crippen molar-refractivity contribution in [2.75, 3.05) is 22.1 Å². The highest BCUT2D eigenvalue weighted by Gasteiger charge is 2.15. The van der Waals surface area contributed by atoms with Gasteiger partial charge in [-0.2, -0.15) is 0 Å². The third-order valence-corrected chi connectivity index (χ3v) is 5.82. The van der Waals surface area contributed by atoms with Crippen LogP contribution in [0, 0.1) is 13.8 Å². The second-order valence-corrected chi connectivity index (χ2v) is 8.61. The van der Waals surface area contributed by atoms with E-state index in [-0.39, 0.29) is 11.5 Å². The number of carbonyl (C=O) groups excluding carboxylic acids is 2. The number of furan rings is 1. The SMILES string of the molecule is Cc1ccc(-c2ccccc2NC(=O)C[S@@](=O)CC(=O)Nc2ccc(C)c(Cl)c2)o1. The van der Waals surface area contributed by atoms with E-state index in [0.717, 1.165) is 16.9 Å². The second kappa shape index (κ2) is 9.73. The molecule has 1 heterocycles. The van der Waals surface area contributed by atoms with Crippen molar-refractivity contribution in [2.45, 2.75) is 13.8 Å². The van der Waals surface area contributed by atoms with Crippen molar-refractivity contribution >= 4 is 45.6 Å². The minimum Gasteiger partial charge on any atom is -0.461 e. The maximum Gasteiger partial charge on any atom is 0.237 e. The van der Waals surface area contributed by atoms with E-state index in [4.69, 9.17) is 16.0 Å². The molecular weight excluding hydrogens is 424 g/mol. The standard InChI is InChI=1S/C22H21ClN2O4S/c1-14-7-9-16(11-18(14)23)24-21(26)12-30(28)13-22(27)25-19-6-4-3-5-17(19)20-10-8-15(2)29-20/h3-11H,12-13H2,1-2H3,(H,24,26)(H,25,27)/t30-/m0/s1. The smallest absolute Gasteiger partial charge is 0.237 e. The molecule has 0 fully saturated rings. The third kappa shape index (κ3) is 5.81. The van der Waals surface area contributed by atoms with Crippen molar-refractivity contribution in [1.29, 1.82) is 0 Å². The molecule has 0 unspecified atom stereocenters. The maximum absolute atomic E-state index is 12.3. The highest BCUT2D eigenvalue weighted by atomic mass is 35.5. The van der Waals surface area contributed by atoms with E-state index in [9.17, 15) is 13.8 Å². The summed E-state index contributed by atoms with van der Waals surface area (Å²) in [6.45, 7) is 3.69. The first-order chi connectivity index (χ1) is 14.3. The number of rotatable bonds is 7. The number of halogens is 1. The lowest BCUT2D eigenvalue weighted by atomic mass is 10.1. The Morgan fingerprint density at radius 2 is 1.67 bits per heavy atom. The lowest BCUT2D eigenvalue weighted by Crippen LogP contribution is -2.26. The molecule has 0 bridgehead atoms. The number of hydrogen-bond acceptors (Lipinski definition) is 4. The highest BCUT2D eigenvalue weighted by molar-refractivity contribution is 7.86. The molecule has 0 spiro atoms. The fourth-order valence-corrected chi connectivity index (χ4v) is 3.80. The van der Waals surface area contributed by atoms with Gasteiger partial charge in [0.05, 0.1) is 5.69 Å². The van der Waals surface area contributed by atoms with Gasteiger partial charge in [0, 0.05) is 27.1 Å². The molecule has 3 aromatic rings. The molecule has 6 nitrogen and oxygen atoms in total. The van der Waals surface area contributed by atoms with Crippen LogP contribution >= 0.6 is 11.6 Å². The lowest BCUT2D eigenvalue weighted by Gasteiger charge is -2.10. The molecule has 0 saturated carbocycles. The number of para-hydroxylation sites is 1. The Morgan fingerprint density at radius 3 is 2.33 bits per heavy atom. The van der Waals surface area contributed by atoms with Gasteiger partial charge in [-0.1, -0.05) is 29.8 Å². The van der Waals surface area contributed by atoms with E-state index in [1.165, 1.54) is 0 Å². The van der Waals surface area contributed by atoms with Crippen molar-refractivity contribution in [3.8, 4) is 11.3 Å². The van der Waals surface area contributed by atoms with E-state index in [2.05, 4.69) is 10.6 Å². The van der Waals surface area contributed by atoms with E-state index < -0.39 is 22.6 Å². The molecule has 0 aliphatic heterocycles. The molecule has 1 atom stereocenters. The molecule has 0 aliphatic rings. The first kappa shape index (κ1) is 21.8. The van der Waals surface area contributed by atoms with Crippen molar-refractivity contribution < 1.29 is 18.2 Å². The van der Waals surface area contributed by atoms with Crippen LogP contribution in [0.25, 0.3) is 11.3 Å². The van der Waals surface area contributed by atoms with E-state index in [0.29, 0.717) is 22.2 Å². The summed E-state index contributed by atoms with van der Waals surface area (Å²) in [6.07, 6.45) is 0. The number of anilines is 2. The summed E-state index contributed by atoms with van der Waals surface area (Å²) in [5.41, 5.74) is 2.67. The maximum atomic E-state index is 12.3. The van der Waals surface area contributed by atoms with Gasteiger partial charge in [0.25, 0.3) is 0 Å². The molecule has 0 saturated heterocycles. The van der Waals surface area contributed by atoms with Gasteiger partial charge in [-0.25, -0.2) is 0 Å². The van der Waals surface area contributed by atoms with E-state index in [1.807, 2.05) is 38.1 Å². The molecule has 2 aromatic carbocycles. The van der Waals surface area contributed by atoms with Crippen LogP contribution in [0.1, 0.15) is 11.3 Å². The van der Waals surface area contributed by atoms with Crippen molar-refractivity contribution in [3.63, 3.8) is 0 Å². The summed E-state index contributed by atoms with van der Waals surface area (Å²) in [5, 5.41) is 5.91. The molecule has 3 rings (SSSR count). The topological polar surface area (TPSA) is 88.4 Å². The van der Waals surface area contributed by atoms with Crippen LogP contribution < -0.4 is 10.6 Å². The Labute approximate surface area is 182 Å². The first-order valence-electron chi connectivity index (χ1n) is 9.18. The van der Waals surface area contributed by atoms with Gasteiger partial charge in [-0.15, -0.1) is 0 Å². The number of amides is 2. The van der Waals surface area contributed by atoms with Gasteiger partial charge >= 0.3 is 0 Å². The molecule has 2 amide bonds. The Morgan fingerprint density at radius 1 is 0.967 bits per heavy atom. The van der Waals surface area contributed by atoms with Crippen LogP contribution in [-0.2, 0) is 20.4 Å². The molecule has 1 aromatic heterocycles. The fraction of sp³-hybridized carbons (Fsp3) is 0.182. The Balaban J connectivity index is 1.57. The molecular formula is C22H21ClN2O4S. The van der Waals surface area contributed by atoms with Gasteiger partial charge in [-0.05, 0) is 55.8 Å². The number of aryl methyl sites for hydroxylation is 2. The van der Waals surface area contributed by atoms with Crippen molar-refractivity contribution in [3.05, 3.63) is 70.9 Å². The Kier molecular flexibility index (Phi) is 7.07. The van der Waals surface area contributed by atoms with E-state index >= 15 is 0 Å². The first-order valence-corrected chi connectivity index (χ1v) is 11.0. The van der Waals surface area contributed by atoms with Gasteiger partial charge in [0.15, 0.2) is 0 Å². The summed E-state index contributed by atoms with van der Waals surface area (Å²) < 4.78 is 17.9. The molecule has 30 heavy (non-hydrogen) atoms. The largest absolute Gasteiger partial charge is 0.461 e. The molecule has 156 valence electrons. The number of hydrogen-bond donors (Lipinski definition) is 2. The minimum atomic E-state index is -1.66. The normalized spacial score (nSPS) is 11.7. The minimum absolute atomic E-state index is 0.294. The fourth-order valence-electron chi connectivity index (χ4n) is 2.78. The Bertz CT molecular complexity index is 1110. The quantitative estimate of drug-likeness (QED) is 0.559. The summed E-state index contributed by atoms with van der Waals surface area (Å²) in [7, 11) is -1.66. The summed E-state index contributed by atoms with van der Waals surface area (Å²) >= 11 is 6.04. The van der Waals surface area contributed by atoms with Gasteiger partial charge in [0.1, 0.15) is 23.0 Å². The Hall–Kier alpha value is -2.90. The highest BCUT2D eigenvalue weighted by Crippen LogP contribution is 2.29. The van der Waals surface area contributed by atoms with Crippen molar-refractivity contribution in [2.24, 2.45) is 0 Å². The summed E-state index contributed by atoms with van der Waals surface area (Å²) in [4.78, 5) is 24.5. The van der Waals surface area contributed by atoms with Crippen LogP contribution in [0.5, 0.6) is 0 Å². The monoisotopic (exact) mass is 444 g/mol. The van der Waals surface area contributed by atoms with Crippen LogP contribution in [0.4, 0.5) is 11.4 Å². The summed E-state index contributed by atoms with van der Waals surface area (Å²) in [5.74, 6) is -0.109. The third-order valence-electron chi connectivity index (χ3n) is 4.25. The van der Waals surface area contributed by atoms with Gasteiger partial charge in [0.2, 0.25) is 11.8 Å². The average molecular weight is 445 g/mol. The van der Waals surface area contributed by atoms with Crippen LogP contribution in [-0.4, -0.2) is 27.5 Å². The van der Waals surface area contributed by atoms with Gasteiger partial charge in [-0.3, -0.25) is 13.8 Å². The van der Waals surface area contributed by atoms with Crippen LogP contribution in [0.3, 0.4) is 0 Å². The predicted octanol–water partition coefficient (Wildman–Crippen LogP) is 4.54. The molecule has 0 aliphatic carbocycles. The second-order valence-electron chi connectivity index (χ2n) is 6.74. The van der Waals surface area contributed by atoms with Gasteiger partial charge < -0.3 is 15.1 Å². The summed E-state index contributed by atoms with van der Waals surface area (Å²) in [6, 6.07) is 15.9.